The fourth-order valence-corrected chi connectivity index (χ4v) is 1.62. The summed E-state index contributed by atoms with van der Waals surface area (Å²) >= 11 is 0. The number of hydrogen-bond donors (Lipinski definition) is 2. The molecule has 0 aromatic carbocycles. The molecular formula is C11H23NO2. The smallest absolute Gasteiger partial charge is 0.0687 e. The van der Waals surface area contributed by atoms with Crippen molar-refractivity contribution in [1.82, 2.24) is 5.32 Å². The number of rotatable bonds is 6. The fourth-order valence-electron chi connectivity index (χ4n) is 1.62. The minimum Gasteiger partial charge on any atom is -0.392 e. The molecule has 1 aliphatic heterocycles. The lowest BCUT2D eigenvalue weighted by Crippen LogP contribution is -2.32. The highest BCUT2D eigenvalue weighted by Crippen LogP contribution is 2.14. The average Bonchev–Trinajstić information content (AvgIpc) is 2.64. The third-order valence-corrected chi connectivity index (χ3v) is 2.79. The molecule has 0 radical (unpaired) electrons. The average molecular weight is 201 g/mol. The lowest BCUT2D eigenvalue weighted by Gasteiger charge is -2.16. The maximum absolute atomic E-state index is 9.52. The van der Waals surface area contributed by atoms with Gasteiger partial charge in [-0.25, -0.2) is 0 Å². The summed E-state index contributed by atoms with van der Waals surface area (Å²) < 4.78 is 5.50. The molecule has 0 spiro atoms. The quantitative estimate of drug-likeness (QED) is 0.634. The maximum atomic E-state index is 9.52. The summed E-state index contributed by atoms with van der Waals surface area (Å²) in [5.74, 6) is 0.338. The second-order valence-corrected chi connectivity index (χ2v) is 4.44. The standard InChI is InChI=1S/C11H23NO2/c1-9(2)11(13)8-12-6-5-10-4-3-7-14-10/h9-13H,3-8H2,1-2H3. The predicted octanol–water partition coefficient (Wildman–Crippen LogP) is 1.16. The Balaban J connectivity index is 1.93. The van der Waals surface area contributed by atoms with Crippen LogP contribution >= 0.6 is 0 Å². The van der Waals surface area contributed by atoms with Crippen molar-refractivity contribution in [3.63, 3.8) is 0 Å². The zero-order valence-corrected chi connectivity index (χ0v) is 9.33. The molecule has 14 heavy (non-hydrogen) atoms. The molecule has 0 amide bonds. The lowest BCUT2D eigenvalue weighted by atomic mass is 10.1. The highest BCUT2D eigenvalue weighted by Gasteiger charge is 2.15. The number of aliphatic hydroxyl groups is 1. The first-order chi connectivity index (χ1) is 6.70. The molecule has 0 saturated carbocycles. The van der Waals surface area contributed by atoms with E-state index < -0.39 is 0 Å². The summed E-state index contributed by atoms with van der Waals surface area (Å²) in [6, 6.07) is 0. The van der Waals surface area contributed by atoms with Crippen molar-refractivity contribution in [1.29, 1.82) is 0 Å². The van der Waals surface area contributed by atoms with Gasteiger partial charge in [-0.05, 0) is 31.7 Å². The molecule has 0 aliphatic carbocycles. The zero-order valence-electron chi connectivity index (χ0n) is 9.33. The van der Waals surface area contributed by atoms with Gasteiger partial charge in [0.05, 0.1) is 12.2 Å². The summed E-state index contributed by atoms with van der Waals surface area (Å²) in [5, 5.41) is 12.8. The second kappa shape index (κ2) is 6.38. The first-order valence-electron chi connectivity index (χ1n) is 5.70. The summed E-state index contributed by atoms with van der Waals surface area (Å²) in [7, 11) is 0. The Kier molecular flexibility index (Phi) is 5.45. The zero-order chi connectivity index (χ0) is 10.4. The molecule has 0 aromatic heterocycles. The Morgan fingerprint density at radius 2 is 2.29 bits per heavy atom. The number of aliphatic hydroxyl groups excluding tert-OH is 1. The molecule has 3 nitrogen and oxygen atoms in total. The molecular weight excluding hydrogens is 178 g/mol. The highest BCUT2D eigenvalue weighted by atomic mass is 16.5. The van der Waals surface area contributed by atoms with Crippen molar-refractivity contribution in [3.8, 4) is 0 Å². The van der Waals surface area contributed by atoms with Crippen molar-refractivity contribution in [2.45, 2.75) is 45.3 Å². The van der Waals surface area contributed by atoms with E-state index >= 15 is 0 Å². The van der Waals surface area contributed by atoms with Crippen molar-refractivity contribution in [2.75, 3.05) is 19.7 Å². The van der Waals surface area contributed by atoms with Crippen molar-refractivity contribution in [2.24, 2.45) is 5.92 Å². The van der Waals surface area contributed by atoms with Crippen LogP contribution in [0.1, 0.15) is 33.1 Å². The molecule has 0 bridgehead atoms. The van der Waals surface area contributed by atoms with E-state index in [2.05, 4.69) is 5.32 Å². The van der Waals surface area contributed by atoms with Crippen LogP contribution < -0.4 is 5.32 Å². The maximum Gasteiger partial charge on any atom is 0.0687 e. The lowest BCUT2D eigenvalue weighted by molar-refractivity contribution is 0.0983. The monoisotopic (exact) mass is 201 g/mol. The van der Waals surface area contributed by atoms with Gasteiger partial charge in [-0.15, -0.1) is 0 Å². The van der Waals surface area contributed by atoms with Gasteiger partial charge in [0.15, 0.2) is 0 Å². The molecule has 2 atom stereocenters. The topological polar surface area (TPSA) is 41.5 Å². The predicted molar refractivity (Wildman–Crippen MR) is 57.3 cm³/mol. The largest absolute Gasteiger partial charge is 0.392 e. The van der Waals surface area contributed by atoms with E-state index in [0.29, 0.717) is 18.6 Å². The molecule has 1 rings (SSSR count). The van der Waals surface area contributed by atoms with Crippen LogP contribution in [0.2, 0.25) is 0 Å². The second-order valence-electron chi connectivity index (χ2n) is 4.44. The molecule has 1 saturated heterocycles. The van der Waals surface area contributed by atoms with E-state index in [4.69, 9.17) is 4.74 Å². The van der Waals surface area contributed by atoms with Crippen molar-refractivity contribution < 1.29 is 9.84 Å². The Morgan fingerprint density at radius 3 is 2.86 bits per heavy atom. The van der Waals surface area contributed by atoms with Gasteiger partial charge in [-0.2, -0.15) is 0 Å². The molecule has 3 heteroatoms. The van der Waals surface area contributed by atoms with E-state index in [0.717, 1.165) is 19.6 Å². The Labute approximate surface area is 86.8 Å². The summed E-state index contributed by atoms with van der Waals surface area (Å²) in [5.41, 5.74) is 0. The van der Waals surface area contributed by atoms with Crippen LogP contribution in [0.25, 0.3) is 0 Å². The van der Waals surface area contributed by atoms with Gasteiger partial charge in [0, 0.05) is 13.2 Å². The Hall–Kier alpha value is -0.120. The number of nitrogens with one attached hydrogen (secondary N) is 1. The molecule has 0 aromatic rings. The van der Waals surface area contributed by atoms with E-state index in [-0.39, 0.29) is 6.10 Å². The van der Waals surface area contributed by atoms with Gasteiger partial charge in [0.2, 0.25) is 0 Å². The SMILES string of the molecule is CC(C)C(O)CNCCC1CCCO1. The first-order valence-corrected chi connectivity index (χ1v) is 5.70. The molecule has 2 N–H and O–H groups in total. The van der Waals surface area contributed by atoms with Crippen LogP contribution in [-0.4, -0.2) is 37.0 Å². The van der Waals surface area contributed by atoms with Gasteiger partial charge in [0.25, 0.3) is 0 Å². The number of ether oxygens (including phenoxy) is 1. The van der Waals surface area contributed by atoms with Gasteiger partial charge in [0.1, 0.15) is 0 Å². The van der Waals surface area contributed by atoms with E-state index in [1.807, 2.05) is 13.8 Å². The number of hydrogen-bond acceptors (Lipinski definition) is 3. The normalized spacial score (nSPS) is 24.4. The van der Waals surface area contributed by atoms with E-state index in [1.165, 1.54) is 12.8 Å². The van der Waals surface area contributed by atoms with Crippen LogP contribution in [0.4, 0.5) is 0 Å². The minimum atomic E-state index is -0.223. The van der Waals surface area contributed by atoms with Crippen LogP contribution in [0, 0.1) is 5.92 Å². The Morgan fingerprint density at radius 1 is 1.50 bits per heavy atom. The van der Waals surface area contributed by atoms with Gasteiger partial charge < -0.3 is 15.2 Å². The highest BCUT2D eigenvalue weighted by molar-refractivity contribution is 4.68. The van der Waals surface area contributed by atoms with Crippen LogP contribution in [0.5, 0.6) is 0 Å². The Bertz CT molecular complexity index is 140. The summed E-state index contributed by atoms with van der Waals surface area (Å²) in [4.78, 5) is 0. The third kappa shape index (κ3) is 4.40. The molecule has 1 heterocycles. The summed E-state index contributed by atoms with van der Waals surface area (Å²) in [6.07, 6.45) is 3.72. The van der Waals surface area contributed by atoms with E-state index in [1.54, 1.807) is 0 Å². The van der Waals surface area contributed by atoms with Gasteiger partial charge >= 0.3 is 0 Å². The van der Waals surface area contributed by atoms with Crippen LogP contribution in [0.3, 0.4) is 0 Å². The summed E-state index contributed by atoms with van der Waals surface area (Å²) in [6.45, 7) is 6.65. The van der Waals surface area contributed by atoms with Crippen LogP contribution in [0.15, 0.2) is 0 Å². The molecule has 1 aliphatic rings. The van der Waals surface area contributed by atoms with Crippen molar-refractivity contribution >= 4 is 0 Å². The molecule has 1 fully saturated rings. The van der Waals surface area contributed by atoms with Crippen LogP contribution in [-0.2, 0) is 4.74 Å². The van der Waals surface area contributed by atoms with E-state index in [9.17, 15) is 5.11 Å². The fraction of sp³-hybridized carbons (Fsp3) is 1.00. The van der Waals surface area contributed by atoms with Crippen molar-refractivity contribution in [3.05, 3.63) is 0 Å². The van der Waals surface area contributed by atoms with Gasteiger partial charge in [-0.1, -0.05) is 13.8 Å². The first kappa shape index (κ1) is 12.0. The molecule has 2 unspecified atom stereocenters. The third-order valence-electron chi connectivity index (χ3n) is 2.79. The minimum absolute atomic E-state index is 0.223. The molecule has 84 valence electrons. The van der Waals surface area contributed by atoms with Gasteiger partial charge in [-0.3, -0.25) is 0 Å².